The molecule has 4 amide bonds. The molecule has 0 unspecified atom stereocenters. The quantitative estimate of drug-likeness (QED) is 0.210. The summed E-state index contributed by atoms with van der Waals surface area (Å²) in [6.45, 7) is 9.62. The van der Waals surface area contributed by atoms with Crippen molar-refractivity contribution < 1.29 is 38.1 Å². The molecule has 0 bridgehead atoms. The van der Waals surface area contributed by atoms with Crippen LogP contribution in [0.2, 0.25) is 0 Å². The number of hydrogen-bond donors (Lipinski definition) is 3. The minimum Gasteiger partial charge on any atom is -0.488 e. The van der Waals surface area contributed by atoms with E-state index in [0.29, 0.717) is 38.5 Å². The van der Waals surface area contributed by atoms with Crippen molar-refractivity contribution in [2.75, 3.05) is 40.5 Å². The molecule has 2 fully saturated rings. The summed E-state index contributed by atoms with van der Waals surface area (Å²) in [5, 5.41) is 5.42. The third kappa shape index (κ3) is 7.72. The number of aromatic nitrogens is 2. The van der Waals surface area contributed by atoms with Crippen LogP contribution in [0.5, 0.6) is 11.5 Å². The first kappa shape index (κ1) is 40.7. The van der Waals surface area contributed by atoms with Gasteiger partial charge in [-0.15, -0.1) is 0 Å². The Labute approximate surface area is 349 Å². The molecule has 0 aliphatic carbocycles. The number of rotatable bonds is 10. The Morgan fingerprint density at radius 2 is 1.30 bits per heavy atom. The summed E-state index contributed by atoms with van der Waals surface area (Å²) in [7, 11) is 2.59. The van der Waals surface area contributed by atoms with Crippen molar-refractivity contribution in [2.45, 2.75) is 84.0 Å². The Kier molecular flexibility index (Phi) is 11.4. The number of alkyl carbamates (subject to hydrolysis) is 2. The Balaban J connectivity index is 0.944. The van der Waals surface area contributed by atoms with Crippen LogP contribution in [0.4, 0.5) is 9.59 Å². The molecule has 3 N–H and O–H groups in total. The number of aromatic amines is 1. The summed E-state index contributed by atoms with van der Waals surface area (Å²) >= 11 is 0. The Hall–Kier alpha value is -6.12. The second-order valence-electron chi connectivity index (χ2n) is 16.7. The average molecular weight is 820 g/mol. The molecule has 6 heterocycles. The van der Waals surface area contributed by atoms with Gasteiger partial charge in [-0.3, -0.25) is 14.6 Å². The van der Waals surface area contributed by atoms with E-state index in [2.05, 4.69) is 39.9 Å². The third-order valence-corrected chi connectivity index (χ3v) is 12.3. The van der Waals surface area contributed by atoms with E-state index in [9.17, 15) is 19.2 Å². The van der Waals surface area contributed by atoms with Crippen molar-refractivity contribution in [3.05, 3.63) is 71.3 Å². The van der Waals surface area contributed by atoms with Crippen molar-refractivity contribution >= 4 is 46.4 Å². The van der Waals surface area contributed by atoms with Gasteiger partial charge in [0, 0.05) is 59.3 Å². The molecule has 15 nitrogen and oxygen atoms in total. The summed E-state index contributed by atoms with van der Waals surface area (Å²) in [5.41, 5.74) is 8.91. The zero-order chi connectivity index (χ0) is 42.2. The number of methoxy groups -OCH3 is 2. The minimum absolute atomic E-state index is 0.0993. The number of carbonyl (C=O) groups excluding carboxylic acids is 4. The van der Waals surface area contributed by atoms with Gasteiger partial charge in [-0.05, 0) is 60.8 Å². The number of benzene rings is 2. The summed E-state index contributed by atoms with van der Waals surface area (Å²) in [4.78, 5) is 68.0. The molecule has 316 valence electrons. The molecular weight excluding hydrogens is 767 g/mol. The van der Waals surface area contributed by atoms with E-state index < -0.39 is 24.3 Å². The van der Waals surface area contributed by atoms with Gasteiger partial charge in [0.05, 0.1) is 38.2 Å². The first-order valence-corrected chi connectivity index (χ1v) is 20.8. The molecular formula is C45H53N7O8. The molecule has 1 aromatic heterocycles. The number of likely N-dealkylation sites (tertiary alicyclic amines) is 2. The maximum Gasteiger partial charge on any atom is 0.407 e. The van der Waals surface area contributed by atoms with Crippen LogP contribution in [0.25, 0.3) is 28.0 Å². The van der Waals surface area contributed by atoms with Crippen LogP contribution in [0.1, 0.15) is 88.4 Å². The predicted molar refractivity (Wildman–Crippen MR) is 225 cm³/mol. The highest BCUT2D eigenvalue weighted by molar-refractivity contribution is 6.04. The van der Waals surface area contributed by atoms with Gasteiger partial charge >= 0.3 is 12.2 Å². The molecule has 8 rings (SSSR count). The van der Waals surface area contributed by atoms with Crippen LogP contribution >= 0.6 is 0 Å². The molecule has 2 saturated heterocycles. The van der Waals surface area contributed by atoms with Gasteiger partial charge in [-0.25, -0.2) is 14.6 Å². The van der Waals surface area contributed by atoms with Crippen molar-refractivity contribution in [1.29, 1.82) is 0 Å². The molecule has 60 heavy (non-hydrogen) atoms. The maximum absolute atomic E-state index is 13.7. The lowest BCUT2D eigenvalue weighted by Crippen LogP contribution is -2.53. The predicted octanol–water partition coefficient (Wildman–Crippen LogP) is 6.37. The largest absolute Gasteiger partial charge is 0.488 e. The maximum atomic E-state index is 13.7. The van der Waals surface area contributed by atoms with E-state index in [1.165, 1.54) is 14.2 Å². The zero-order valence-electron chi connectivity index (χ0n) is 35.0. The number of fused-ring (bicyclic) bond motifs is 4. The average Bonchev–Trinajstić information content (AvgIpc) is 4.10. The smallest absolute Gasteiger partial charge is 0.407 e. The van der Waals surface area contributed by atoms with Crippen LogP contribution in [0, 0.1) is 11.8 Å². The van der Waals surface area contributed by atoms with Crippen molar-refractivity contribution in [3.8, 4) is 22.8 Å². The first-order chi connectivity index (χ1) is 28.9. The number of nitrogens with one attached hydrogen (secondary N) is 3. The Bertz CT molecular complexity index is 2290. The minimum atomic E-state index is -0.702. The van der Waals surface area contributed by atoms with Crippen LogP contribution < -0.4 is 20.1 Å². The normalized spacial score (nSPS) is 20.3. The van der Waals surface area contributed by atoms with Gasteiger partial charge in [-0.1, -0.05) is 52.0 Å². The highest BCUT2D eigenvalue weighted by Gasteiger charge is 2.40. The van der Waals surface area contributed by atoms with E-state index >= 15 is 0 Å². The third-order valence-electron chi connectivity index (χ3n) is 12.3. The van der Waals surface area contributed by atoms with Gasteiger partial charge in [0.1, 0.15) is 42.6 Å². The number of amides is 4. The molecule has 15 heteroatoms. The van der Waals surface area contributed by atoms with Crippen LogP contribution in [-0.4, -0.2) is 108 Å². The van der Waals surface area contributed by atoms with E-state index in [0.717, 1.165) is 87.6 Å². The van der Waals surface area contributed by atoms with Crippen molar-refractivity contribution in [3.63, 3.8) is 0 Å². The summed E-state index contributed by atoms with van der Waals surface area (Å²) < 4.78 is 22.4. The summed E-state index contributed by atoms with van der Waals surface area (Å²) in [6, 6.07) is 10.6. The van der Waals surface area contributed by atoms with Crippen molar-refractivity contribution in [2.24, 2.45) is 16.8 Å². The summed E-state index contributed by atoms with van der Waals surface area (Å²) in [5.74, 6) is 1.78. The molecule has 0 spiro atoms. The van der Waals surface area contributed by atoms with E-state index in [1.54, 1.807) is 11.1 Å². The SMILES string of the molecule is COC(=O)N[C@H](C(=O)N1CCC[C@H]1C1=NC=C(c2ccc3c(c2)OCC2=C3COc3cc(-c4cnc([C@@H]5CCCN5C(=O)[C@@H](NC(=O)OC)C(C)C)[nH]4)ccc32)C1)C(C)C. The monoisotopic (exact) mass is 819 g/mol. The fraction of sp³-hybridized carbons (Fsp3) is 0.467. The lowest BCUT2D eigenvalue weighted by atomic mass is 9.88. The first-order valence-electron chi connectivity index (χ1n) is 20.8. The number of nitrogens with zero attached hydrogens (tertiary/aromatic N) is 4. The van der Waals surface area contributed by atoms with Gasteiger partial charge in [-0.2, -0.15) is 0 Å². The van der Waals surface area contributed by atoms with Gasteiger partial charge < -0.3 is 44.4 Å². The standard InChI is InChI=1S/C45H53N7O8/c1-24(2)39(49-44(55)57-5)42(53)51-15-7-9-35(51)33-17-28(20-46-33)26-11-13-29-31-23-60-38-19-27(12-14-30(38)32(31)22-59-37(29)18-26)34-21-47-41(48-34)36-10-8-16-52(36)43(54)40(25(3)4)50-45(56)58-6/h11-14,18-21,24-25,35-36,39-40H,7-10,15-17,22-23H2,1-6H3,(H,47,48)(H,49,55)(H,50,56)/t35-,36-,39-,40-/m0/s1. The molecule has 2 aromatic carbocycles. The number of ether oxygens (including phenoxy) is 4. The molecule has 5 aliphatic rings. The van der Waals surface area contributed by atoms with Crippen LogP contribution in [0.3, 0.4) is 0 Å². The van der Waals surface area contributed by atoms with E-state index in [1.807, 2.05) is 50.9 Å². The van der Waals surface area contributed by atoms with E-state index in [-0.39, 0.29) is 35.7 Å². The number of imidazole rings is 1. The number of H-pyrrole nitrogens is 1. The highest BCUT2D eigenvalue weighted by Crippen LogP contribution is 2.45. The van der Waals surface area contributed by atoms with Crippen LogP contribution in [0.15, 0.2) is 53.8 Å². The molecule has 0 saturated carbocycles. The Morgan fingerprint density at radius 3 is 1.87 bits per heavy atom. The number of carbonyl (C=O) groups is 4. The Morgan fingerprint density at radius 1 is 0.767 bits per heavy atom. The van der Waals surface area contributed by atoms with Gasteiger partial charge in [0.25, 0.3) is 0 Å². The number of hydrogen-bond acceptors (Lipinski definition) is 10. The molecule has 0 radical (unpaired) electrons. The summed E-state index contributed by atoms with van der Waals surface area (Å²) in [6.07, 6.45) is 6.36. The van der Waals surface area contributed by atoms with Gasteiger partial charge in [0.2, 0.25) is 11.8 Å². The van der Waals surface area contributed by atoms with Gasteiger partial charge in [0.15, 0.2) is 0 Å². The molecule has 4 atom stereocenters. The fourth-order valence-corrected chi connectivity index (χ4v) is 9.03. The topological polar surface area (TPSA) is 177 Å². The number of allylic oxidation sites excluding steroid dienone is 1. The molecule has 5 aliphatic heterocycles. The second-order valence-corrected chi connectivity index (χ2v) is 16.7. The molecule has 3 aromatic rings. The zero-order valence-corrected chi connectivity index (χ0v) is 35.0. The second kappa shape index (κ2) is 16.9. The van der Waals surface area contributed by atoms with E-state index in [4.69, 9.17) is 28.9 Å². The fourth-order valence-electron chi connectivity index (χ4n) is 9.03. The number of aliphatic imine (C=N–C) groups is 1. The highest BCUT2D eigenvalue weighted by atomic mass is 16.5. The lowest BCUT2D eigenvalue weighted by Gasteiger charge is -2.31. The lowest BCUT2D eigenvalue weighted by molar-refractivity contribution is -0.135. The van der Waals surface area contributed by atoms with Crippen molar-refractivity contribution in [1.82, 2.24) is 30.4 Å². The van der Waals surface area contributed by atoms with Crippen LogP contribution in [-0.2, 0) is 19.1 Å².